The molecule has 19 heteroatoms. The molecule has 3 rings (SSSR count). The number of aliphatic hydroxyl groups excluding tert-OH is 11. The zero-order chi connectivity index (χ0) is 62.6. The van der Waals surface area contributed by atoms with Crippen molar-refractivity contribution in [1.82, 2.24) is 5.32 Å². The summed E-state index contributed by atoms with van der Waals surface area (Å²) in [5, 5.41) is 120. The molecule has 0 aromatic carbocycles. The summed E-state index contributed by atoms with van der Waals surface area (Å²) in [7, 11) is 0. The quantitative estimate of drug-likeness (QED) is 0.0207. The first-order chi connectivity index (χ1) is 41.8. The SMILES string of the molecule is CC/C=C\C/C=C\C/C=C\C/C=C\C/C=C\CCCCCCCCCCCCCCCCCCCC(=O)NC(COC1OC(CO)C(OC2OC(CO)C(OC3OC(CO)C(O)C(O)C3O)C(O)C2O)C(O)C1O)C(O)/C=C/CC/C=C/CCCC. The van der Waals surface area contributed by atoms with Crippen LogP contribution in [0.5, 0.6) is 0 Å². The Hall–Kier alpha value is -3.03. The van der Waals surface area contributed by atoms with Gasteiger partial charge in [-0.15, -0.1) is 0 Å². The highest BCUT2D eigenvalue weighted by Crippen LogP contribution is 2.33. The molecule has 0 aliphatic carbocycles. The van der Waals surface area contributed by atoms with Gasteiger partial charge in [-0.25, -0.2) is 0 Å². The maximum absolute atomic E-state index is 13.3. The van der Waals surface area contributed by atoms with Crippen molar-refractivity contribution in [3.05, 3.63) is 85.1 Å². The van der Waals surface area contributed by atoms with Crippen LogP contribution in [0.15, 0.2) is 85.1 Å². The minimum atomic E-state index is -1.98. The van der Waals surface area contributed by atoms with Gasteiger partial charge in [0, 0.05) is 6.42 Å². The van der Waals surface area contributed by atoms with Crippen LogP contribution in [0, 0.1) is 0 Å². The summed E-state index contributed by atoms with van der Waals surface area (Å²) in [6, 6.07) is -0.990. The fourth-order valence-electron chi connectivity index (χ4n) is 10.6. The number of carbonyl (C=O) groups excluding carboxylic acids is 1. The molecular weight excluding hydrogens is 1110 g/mol. The fourth-order valence-corrected chi connectivity index (χ4v) is 10.6. The van der Waals surface area contributed by atoms with E-state index in [-0.39, 0.29) is 18.9 Å². The van der Waals surface area contributed by atoms with Crippen molar-refractivity contribution < 1.29 is 89.4 Å². The van der Waals surface area contributed by atoms with E-state index in [1.807, 2.05) is 6.08 Å². The molecule has 0 saturated carbocycles. The van der Waals surface area contributed by atoms with Gasteiger partial charge in [-0.3, -0.25) is 4.79 Å². The second-order valence-corrected chi connectivity index (χ2v) is 23.2. The van der Waals surface area contributed by atoms with Crippen molar-refractivity contribution in [2.24, 2.45) is 0 Å². The summed E-state index contributed by atoms with van der Waals surface area (Å²) in [5.41, 5.74) is 0. The van der Waals surface area contributed by atoms with Crippen molar-refractivity contribution in [3.8, 4) is 0 Å². The lowest BCUT2D eigenvalue weighted by atomic mass is 9.96. The van der Waals surface area contributed by atoms with Crippen molar-refractivity contribution in [2.75, 3.05) is 26.4 Å². The van der Waals surface area contributed by atoms with Gasteiger partial charge >= 0.3 is 0 Å². The molecule has 0 bridgehead atoms. The number of ether oxygens (including phenoxy) is 6. The molecule has 17 atom stereocenters. The molecule has 0 spiro atoms. The smallest absolute Gasteiger partial charge is 0.220 e. The Bertz CT molecular complexity index is 1890. The highest BCUT2D eigenvalue weighted by atomic mass is 16.8. The van der Waals surface area contributed by atoms with Crippen LogP contribution in [0.4, 0.5) is 0 Å². The molecular formula is C67H115NO18. The van der Waals surface area contributed by atoms with Gasteiger partial charge < -0.3 is 89.9 Å². The minimum Gasteiger partial charge on any atom is -0.394 e. The number of unbranched alkanes of at least 4 members (excludes halogenated alkanes) is 20. The molecule has 0 radical (unpaired) electrons. The van der Waals surface area contributed by atoms with Gasteiger partial charge in [-0.1, -0.05) is 208 Å². The number of hydrogen-bond donors (Lipinski definition) is 12. The Morgan fingerprint density at radius 3 is 1.30 bits per heavy atom. The monoisotopic (exact) mass is 1220 g/mol. The average molecular weight is 1220 g/mol. The van der Waals surface area contributed by atoms with E-state index in [2.05, 4.69) is 92.1 Å². The Morgan fingerprint density at radius 1 is 0.430 bits per heavy atom. The summed E-state index contributed by atoms with van der Waals surface area (Å²) in [6.45, 7) is 1.49. The summed E-state index contributed by atoms with van der Waals surface area (Å²) >= 11 is 0. The lowest BCUT2D eigenvalue weighted by molar-refractivity contribution is -0.379. The van der Waals surface area contributed by atoms with Gasteiger partial charge in [-0.05, 0) is 70.6 Å². The van der Waals surface area contributed by atoms with Gasteiger partial charge in [0.2, 0.25) is 5.91 Å². The lowest BCUT2D eigenvalue weighted by Gasteiger charge is -2.48. The third-order valence-corrected chi connectivity index (χ3v) is 15.9. The number of nitrogens with one attached hydrogen (secondary N) is 1. The first-order valence-corrected chi connectivity index (χ1v) is 32.8. The van der Waals surface area contributed by atoms with E-state index in [0.717, 1.165) is 77.0 Å². The number of rotatable bonds is 48. The molecule has 17 unspecified atom stereocenters. The van der Waals surface area contributed by atoms with E-state index in [1.54, 1.807) is 6.08 Å². The van der Waals surface area contributed by atoms with Crippen LogP contribution < -0.4 is 5.32 Å². The Kier molecular flexibility index (Phi) is 43.8. The third-order valence-electron chi connectivity index (χ3n) is 15.9. The molecule has 3 heterocycles. The molecule has 1 amide bonds. The second-order valence-electron chi connectivity index (χ2n) is 23.2. The topological polar surface area (TPSA) is 307 Å². The maximum atomic E-state index is 13.3. The van der Waals surface area contributed by atoms with E-state index in [1.165, 1.54) is 89.9 Å². The number of hydrogen-bond acceptors (Lipinski definition) is 18. The van der Waals surface area contributed by atoms with Gasteiger partial charge in [-0.2, -0.15) is 0 Å². The van der Waals surface area contributed by atoms with Crippen LogP contribution in [0.25, 0.3) is 0 Å². The number of allylic oxidation sites excluding steroid dienone is 13. The highest BCUT2D eigenvalue weighted by Gasteiger charge is 2.53. The van der Waals surface area contributed by atoms with Crippen molar-refractivity contribution >= 4 is 5.91 Å². The predicted molar refractivity (Wildman–Crippen MR) is 332 cm³/mol. The van der Waals surface area contributed by atoms with Crippen molar-refractivity contribution in [3.63, 3.8) is 0 Å². The van der Waals surface area contributed by atoms with Crippen LogP contribution in [0.2, 0.25) is 0 Å². The van der Waals surface area contributed by atoms with Gasteiger partial charge in [0.15, 0.2) is 18.9 Å². The molecule has 86 heavy (non-hydrogen) atoms. The summed E-state index contributed by atoms with van der Waals surface area (Å²) in [4.78, 5) is 13.3. The van der Waals surface area contributed by atoms with Crippen LogP contribution in [0.3, 0.4) is 0 Å². The molecule has 0 aromatic rings. The van der Waals surface area contributed by atoms with E-state index in [9.17, 15) is 61.0 Å². The largest absolute Gasteiger partial charge is 0.394 e. The fraction of sp³-hybridized carbons (Fsp3) is 0.776. The second kappa shape index (κ2) is 48.8. The Morgan fingerprint density at radius 2 is 0.814 bits per heavy atom. The molecule has 0 aromatic heterocycles. The van der Waals surface area contributed by atoms with Gasteiger partial charge in [0.1, 0.15) is 73.2 Å². The Balaban J connectivity index is 1.33. The average Bonchev–Trinajstić information content (AvgIpc) is 3.55. The molecule has 12 N–H and O–H groups in total. The molecule has 3 fully saturated rings. The summed E-state index contributed by atoms with van der Waals surface area (Å²) < 4.78 is 34.2. The summed E-state index contributed by atoms with van der Waals surface area (Å²) in [5.74, 6) is -0.292. The van der Waals surface area contributed by atoms with E-state index in [0.29, 0.717) is 12.8 Å². The molecule has 496 valence electrons. The molecule has 3 aliphatic heterocycles. The standard InChI is InChI=1S/C67H115NO18/c1-3-5-7-9-11-13-14-15-16-17-18-19-20-21-22-23-24-25-26-27-28-29-30-31-32-33-34-35-36-37-39-41-43-45-55(73)68-50(51(72)44-42-40-38-12-10-8-6-4-2)49-81-65-61(79)58(76)63(53(47-70)83-65)86-67-62(80)59(77)64(54(48-71)84-67)85-66-60(78)57(75)56(74)52(46-69)82-66/h5,7,10-13,15-16,18-19,21-22,42,44,50-54,56-67,69-72,74-80H,3-4,6,8-9,14,17,20,23-41,43,45-49H2,1-2H3,(H,68,73)/b7-5-,12-10+,13-11-,16-15-,19-18-,22-21-,44-42+. The highest BCUT2D eigenvalue weighted by molar-refractivity contribution is 5.76. The molecule has 3 aliphatic rings. The number of amides is 1. The predicted octanol–water partition coefficient (Wildman–Crippen LogP) is 7.54. The normalized spacial score (nSPS) is 29.3. The zero-order valence-electron chi connectivity index (χ0n) is 52.0. The lowest BCUT2D eigenvalue weighted by Crippen LogP contribution is -2.66. The van der Waals surface area contributed by atoms with Gasteiger partial charge in [0.05, 0.1) is 38.6 Å². The number of aliphatic hydroxyl groups is 11. The maximum Gasteiger partial charge on any atom is 0.220 e. The van der Waals surface area contributed by atoms with Crippen molar-refractivity contribution in [1.29, 1.82) is 0 Å². The first kappa shape index (κ1) is 77.2. The van der Waals surface area contributed by atoms with Gasteiger partial charge in [0.25, 0.3) is 0 Å². The van der Waals surface area contributed by atoms with Crippen LogP contribution in [-0.4, -0.2) is 193 Å². The zero-order valence-corrected chi connectivity index (χ0v) is 52.0. The minimum absolute atomic E-state index is 0.232. The number of carbonyl (C=O) groups is 1. The summed E-state index contributed by atoms with van der Waals surface area (Å²) in [6.07, 6.45) is 34.8. The molecule has 3 saturated heterocycles. The molecule has 19 nitrogen and oxygen atoms in total. The third kappa shape index (κ3) is 31.1. The Labute approximate surface area is 514 Å². The van der Waals surface area contributed by atoms with Crippen molar-refractivity contribution in [2.45, 2.75) is 304 Å². The van der Waals surface area contributed by atoms with Crippen LogP contribution >= 0.6 is 0 Å². The van der Waals surface area contributed by atoms with E-state index in [4.69, 9.17) is 28.4 Å². The first-order valence-electron chi connectivity index (χ1n) is 32.8. The van der Waals surface area contributed by atoms with E-state index >= 15 is 0 Å². The van der Waals surface area contributed by atoms with E-state index < -0.39 is 124 Å². The van der Waals surface area contributed by atoms with Crippen LogP contribution in [0.1, 0.15) is 200 Å². The van der Waals surface area contributed by atoms with Crippen LogP contribution in [-0.2, 0) is 33.2 Å².